The van der Waals surface area contributed by atoms with Crippen molar-refractivity contribution >= 4 is 0 Å². The third-order valence-electron chi connectivity index (χ3n) is 3.07. The minimum atomic E-state index is -0.287. The van der Waals surface area contributed by atoms with Gasteiger partial charge in [-0.2, -0.15) is 0 Å². The van der Waals surface area contributed by atoms with E-state index in [-0.39, 0.29) is 18.0 Å². The predicted octanol–water partition coefficient (Wildman–Crippen LogP) is 2.65. The molecule has 116 valence electrons. The van der Waals surface area contributed by atoms with Gasteiger partial charge >= 0.3 is 0 Å². The van der Waals surface area contributed by atoms with Crippen LogP contribution < -0.4 is 0 Å². The summed E-state index contributed by atoms with van der Waals surface area (Å²) >= 11 is 0. The molecule has 0 saturated carbocycles. The molecule has 0 radical (unpaired) electrons. The Kier molecular flexibility index (Phi) is 7.87. The lowest BCUT2D eigenvalue weighted by atomic mass is 10.1. The van der Waals surface area contributed by atoms with Gasteiger partial charge in [-0.05, 0) is 32.7 Å². The fraction of sp³-hybridized carbons (Fsp3) is 1.00. The van der Waals surface area contributed by atoms with Crippen molar-refractivity contribution in [1.82, 2.24) is 0 Å². The highest BCUT2D eigenvalue weighted by atomic mass is 16.7. The summed E-state index contributed by atoms with van der Waals surface area (Å²) in [5.74, 6) is 0. The molecule has 0 aliphatic carbocycles. The summed E-state index contributed by atoms with van der Waals surface area (Å²) in [5.41, 5.74) is 7.89. The number of ether oxygens (including phenoxy) is 4. The van der Waals surface area contributed by atoms with Gasteiger partial charge in [-0.1, -0.05) is 5.11 Å². The average molecular weight is 287 g/mol. The van der Waals surface area contributed by atoms with Gasteiger partial charge in [0.25, 0.3) is 0 Å². The second-order valence-corrected chi connectivity index (χ2v) is 5.40. The van der Waals surface area contributed by atoms with Crippen LogP contribution in [-0.4, -0.2) is 51.0 Å². The maximum atomic E-state index is 8.18. The zero-order chi connectivity index (χ0) is 14.8. The summed E-state index contributed by atoms with van der Waals surface area (Å²) in [6.07, 6.45) is 1.49. The Morgan fingerprint density at radius 2 is 2.05 bits per heavy atom. The minimum Gasteiger partial charge on any atom is -0.378 e. The molecule has 1 heterocycles. The van der Waals surface area contributed by atoms with Crippen molar-refractivity contribution < 1.29 is 18.9 Å². The molecule has 1 saturated heterocycles. The van der Waals surface area contributed by atoms with Gasteiger partial charge in [0.1, 0.15) is 0 Å². The van der Waals surface area contributed by atoms with E-state index in [1.165, 1.54) is 0 Å². The van der Waals surface area contributed by atoms with E-state index in [0.29, 0.717) is 33.0 Å². The Hall–Kier alpha value is -0.850. The second kappa shape index (κ2) is 9.15. The number of rotatable bonds is 10. The Morgan fingerprint density at radius 1 is 1.35 bits per heavy atom. The topological polar surface area (TPSA) is 85.7 Å². The smallest absolute Gasteiger partial charge is 0.160 e. The van der Waals surface area contributed by atoms with Crippen LogP contribution in [0.5, 0.6) is 0 Å². The first-order valence-electron chi connectivity index (χ1n) is 7.03. The van der Waals surface area contributed by atoms with Gasteiger partial charge < -0.3 is 18.9 Å². The number of nitrogens with zero attached hydrogens (tertiary/aromatic N) is 3. The molecule has 20 heavy (non-hydrogen) atoms. The molecule has 0 bridgehead atoms. The minimum absolute atomic E-state index is 0.0945. The Morgan fingerprint density at radius 3 is 2.70 bits per heavy atom. The zero-order valence-corrected chi connectivity index (χ0v) is 12.6. The quantitative estimate of drug-likeness (QED) is 0.267. The van der Waals surface area contributed by atoms with Gasteiger partial charge in [-0.15, -0.1) is 0 Å². The van der Waals surface area contributed by atoms with Crippen LogP contribution in [0, 0.1) is 0 Å². The summed E-state index contributed by atoms with van der Waals surface area (Å²) in [5, 5.41) is 3.44. The van der Waals surface area contributed by atoms with Gasteiger partial charge in [0.2, 0.25) is 0 Å². The van der Waals surface area contributed by atoms with E-state index in [1.54, 1.807) is 0 Å². The van der Waals surface area contributed by atoms with Gasteiger partial charge in [-0.25, -0.2) is 0 Å². The highest BCUT2D eigenvalue weighted by Crippen LogP contribution is 2.17. The maximum absolute atomic E-state index is 8.18. The van der Waals surface area contributed by atoms with E-state index in [0.717, 1.165) is 12.8 Å². The number of azide groups is 1. The van der Waals surface area contributed by atoms with Gasteiger partial charge in [0, 0.05) is 24.5 Å². The fourth-order valence-electron chi connectivity index (χ4n) is 1.87. The van der Waals surface area contributed by atoms with Crippen LogP contribution in [0.25, 0.3) is 10.4 Å². The molecule has 1 aliphatic rings. The van der Waals surface area contributed by atoms with Crippen LogP contribution in [0.2, 0.25) is 0 Å². The van der Waals surface area contributed by atoms with Crippen molar-refractivity contribution in [2.75, 3.05) is 33.0 Å². The Bertz CT molecular complexity index is 313. The number of hydrogen-bond acceptors (Lipinski definition) is 5. The molecule has 1 rings (SSSR count). The SMILES string of the molecule is CC(CC1OCCO1)OCCC(C)(C)OCCN=[N+]=[N-]. The molecular weight excluding hydrogens is 262 g/mol. The number of hydrogen-bond donors (Lipinski definition) is 0. The lowest BCUT2D eigenvalue weighted by Gasteiger charge is -2.26. The second-order valence-electron chi connectivity index (χ2n) is 5.40. The van der Waals surface area contributed by atoms with Gasteiger partial charge in [0.15, 0.2) is 6.29 Å². The average Bonchev–Trinajstić information content (AvgIpc) is 2.87. The molecule has 0 spiro atoms. The summed E-state index contributed by atoms with van der Waals surface area (Å²) in [7, 11) is 0. The Labute approximate surface area is 120 Å². The first-order valence-corrected chi connectivity index (χ1v) is 7.03. The molecule has 1 atom stereocenters. The monoisotopic (exact) mass is 287 g/mol. The Balaban J connectivity index is 2.09. The van der Waals surface area contributed by atoms with Crippen molar-refractivity contribution in [2.45, 2.75) is 51.6 Å². The van der Waals surface area contributed by atoms with Crippen molar-refractivity contribution in [3.05, 3.63) is 10.4 Å². The predicted molar refractivity (Wildman–Crippen MR) is 74.4 cm³/mol. The van der Waals surface area contributed by atoms with E-state index in [2.05, 4.69) is 10.0 Å². The van der Waals surface area contributed by atoms with E-state index in [1.807, 2.05) is 20.8 Å². The van der Waals surface area contributed by atoms with Crippen LogP contribution in [-0.2, 0) is 18.9 Å². The maximum Gasteiger partial charge on any atom is 0.160 e. The van der Waals surface area contributed by atoms with E-state index >= 15 is 0 Å². The lowest BCUT2D eigenvalue weighted by molar-refractivity contribution is -0.0891. The summed E-state index contributed by atoms with van der Waals surface area (Å²) in [4.78, 5) is 2.69. The standard InChI is InChI=1S/C13H25N3O4/c1-11(10-12-18-8-9-19-12)17-6-4-13(2,3)20-7-5-15-16-14/h11-12H,4-10H2,1-3H3. The van der Waals surface area contributed by atoms with Crippen molar-refractivity contribution in [3.63, 3.8) is 0 Å². The molecule has 0 aromatic rings. The summed E-state index contributed by atoms with van der Waals surface area (Å²) in [6.45, 7) is 8.75. The molecule has 0 aromatic carbocycles. The third-order valence-corrected chi connectivity index (χ3v) is 3.07. The van der Waals surface area contributed by atoms with E-state index in [4.69, 9.17) is 24.5 Å². The lowest BCUT2D eigenvalue weighted by Crippen LogP contribution is -2.29. The molecule has 1 aliphatic heterocycles. The van der Waals surface area contributed by atoms with Crippen LogP contribution in [0.15, 0.2) is 5.11 Å². The summed E-state index contributed by atoms with van der Waals surface area (Å²) in [6, 6.07) is 0. The molecule has 0 aromatic heterocycles. The van der Waals surface area contributed by atoms with Crippen LogP contribution in [0.4, 0.5) is 0 Å². The van der Waals surface area contributed by atoms with Gasteiger partial charge in [0.05, 0.1) is 31.5 Å². The van der Waals surface area contributed by atoms with Crippen LogP contribution in [0.3, 0.4) is 0 Å². The van der Waals surface area contributed by atoms with Gasteiger partial charge in [-0.3, -0.25) is 0 Å². The highest BCUT2D eigenvalue weighted by Gasteiger charge is 2.21. The molecule has 7 heteroatoms. The van der Waals surface area contributed by atoms with Crippen molar-refractivity contribution in [1.29, 1.82) is 0 Å². The first-order chi connectivity index (χ1) is 9.53. The largest absolute Gasteiger partial charge is 0.378 e. The summed E-state index contributed by atoms with van der Waals surface area (Å²) < 4.78 is 22.2. The first kappa shape index (κ1) is 17.2. The van der Waals surface area contributed by atoms with Crippen LogP contribution in [0.1, 0.15) is 33.6 Å². The molecule has 1 fully saturated rings. The third kappa shape index (κ3) is 7.67. The molecular formula is C13H25N3O4. The van der Waals surface area contributed by atoms with Crippen molar-refractivity contribution in [2.24, 2.45) is 5.11 Å². The van der Waals surface area contributed by atoms with E-state index < -0.39 is 0 Å². The molecule has 1 unspecified atom stereocenters. The van der Waals surface area contributed by atoms with E-state index in [9.17, 15) is 0 Å². The molecule has 7 nitrogen and oxygen atoms in total. The molecule has 0 N–H and O–H groups in total. The van der Waals surface area contributed by atoms with Crippen LogP contribution >= 0.6 is 0 Å². The fourth-order valence-corrected chi connectivity index (χ4v) is 1.87. The zero-order valence-electron chi connectivity index (χ0n) is 12.6. The molecule has 0 amide bonds. The van der Waals surface area contributed by atoms with Crippen molar-refractivity contribution in [3.8, 4) is 0 Å². The highest BCUT2D eigenvalue weighted by molar-refractivity contribution is 4.69. The normalized spacial score (nSPS) is 17.9.